The fourth-order valence-electron chi connectivity index (χ4n) is 2.55. The summed E-state index contributed by atoms with van der Waals surface area (Å²) in [6, 6.07) is 0.476. The van der Waals surface area contributed by atoms with Crippen LogP contribution in [0.4, 0.5) is 0 Å². The van der Waals surface area contributed by atoms with Gasteiger partial charge in [0, 0.05) is 6.04 Å². The van der Waals surface area contributed by atoms with Crippen LogP contribution in [0.1, 0.15) is 44.9 Å². The molecular formula is C12H24N2. The Labute approximate surface area is 87.8 Å². The minimum absolute atomic E-state index is 0.476. The van der Waals surface area contributed by atoms with Crippen molar-refractivity contribution in [3.05, 3.63) is 0 Å². The first-order chi connectivity index (χ1) is 6.84. The molecule has 2 heteroatoms. The predicted molar refractivity (Wildman–Crippen MR) is 60.2 cm³/mol. The second kappa shape index (κ2) is 5.13. The third-order valence-corrected chi connectivity index (χ3v) is 3.94. The number of rotatable bonds is 3. The summed E-state index contributed by atoms with van der Waals surface area (Å²) in [7, 11) is 0. The van der Waals surface area contributed by atoms with Crippen molar-refractivity contribution >= 4 is 0 Å². The molecule has 2 rings (SSSR count). The summed E-state index contributed by atoms with van der Waals surface area (Å²) in [6.45, 7) is 3.87. The van der Waals surface area contributed by atoms with Crippen molar-refractivity contribution in [2.75, 3.05) is 19.6 Å². The molecule has 2 N–H and O–H groups in total. The van der Waals surface area contributed by atoms with Crippen LogP contribution in [0.5, 0.6) is 0 Å². The van der Waals surface area contributed by atoms with Gasteiger partial charge in [-0.2, -0.15) is 0 Å². The maximum absolute atomic E-state index is 5.96. The fourth-order valence-corrected chi connectivity index (χ4v) is 2.55. The van der Waals surface area contributed by atoms with Crippen molar-refractivity contribution in [3.8, 4) is 0 Å². The lowest BCUT2D eigenvalue weighted by Gasteiger charge is -2.28. The van der Waals surface area contributed by atoms with Crippen molar-refractivity contribution in [1.82, 2.24) is 4.90 Å². The Morgan fingerprint density at radius 1 is 1.00 bits per heavy atom. The number of nitrogens with two attached hydrogens (primary N) is 1. The van der Waals surface area contributed by atoms with Crippen molar-refractivity contribution in [3.63, 3.8) is 0 Å². The molecule has 1 saturated heterocycles. The zero-order valence-corrected chi connectivity index (χ0v) is 9.25. The van der Waals surface area contributed by atoms with E-state index in [4.69, 9.17) is 5.73 Å². The topological polar surface area (TPSA) is 29.3 Å². The highest BCUT2D eigenvalue weighted by molar-refractivity contribution is 4.75. The number of hydrogen-bond acceptors (Lipinski definition) is 2. The van der Waals surface area contributed by atoms with Gasteiger partial charge in [-0.25, -0.2) is 0 Å². The summed E-state index contributed by atoms with van der Waals surface area (Å²) in [4.78, 5) is 2.63. The molecule has 2 aliphatic rings. The molecule has 2 nitrogen and oxygen atoms in total. The maximum Gasteiger partial charge on any atom is 0.00514 e. The fraction of sp³-hybridized carbons (Fsp3) is 1.00. The van der Waals surface area contributed by atoms with E-state index in [1.165, 1.54) is 64.6 Å². The Kier molecular flexibility index (Phi) is 3.82. The van der Waals surface area contributed by atoms with Crippen LogP contribution < -0.4 is 5.73 Å². The molecule has 14 heavy (non-hydrogen) atoms. The van der Waals surface area contributed by atoms with Crippen molar-refractivity contribution in [2.45, 2.75) is 51.0 Å². The van der Waals surface area contributed by atoms with Crippen LogP contribution in [0.3, 0.4) is 0 Å². The van der Waals surface area contributed by atoms with Crippen LogP contribution in [0.25, 0.3) is 0 Å². The van der Waals surface area contributed by atoms with Crippen LogP contribution in [-0.4, -0.2) is 30.6 Å². The summed E-state index contributed by atoms with van der Waals surface area (Å²) in [6.07, 6.45) is 9.67. The Hall–Kier alpha value is -0.0800. The summed E-state index contributed by atoms with van der Waals surface area (Å²) >= 11 is 0. The summed E-state index contributed by atoms with van der Waals surface area (Å²) in [5.74, 6) is 1.06. The highest BCUT2D eigenvalue weighted by atomic mass is 15.1. The molecular weight excluding hydrogens is 172 g/mol. The van der Waals surface area contributed by atoms with E-state index in [1.54, 1.807) is 0 Å². The minimum atomic E-state index is 0.476. The van der Waals surface area contributed by atoms with E-state index in [0.717, 1.165) is 5.92 Å². The first-order valence-electron chi connectivity index (χ1n) is 6.32. The molecule has 0 radical (unpaired) electrons. The average Bonchev–Trinajstić information content (AvgIpc) is 2.28. The molecule has 1 aliphatic carbocycles. The van der Waals surface area contributed by atoms with Crippen LogP contribution in [0.2, 0.25) is 0 Å². The van der Waals surface area contributed by atoms with Gasteiger partial charge < -0.3 is 10.6 Å². The standard InChI is InChI=1S/C12H24N2/c13-12-5-2-8-14(10-7-12)9-6-11-3-1-4-11/h11-12H,1-10,13H2. The summed E-state index contributed by atoms with van der Waals surface area (Å²) < 4.78 is 0. The Morgan fingerprint density at radius 2 is 1.86 bits per heavy atom. The Morgan fingerprint density at radius 3 is 2.57 bits per heavy atom. The Balaban J connectivity index is 1.63. The number of nitrogens with zero attached hydrogens (tertiary/aromatic N) is 1. The zero-order valence-electron chi connectivity index (χ0n) is 9.25. The average molecular weight is 196 g/mol. The third kappa shape index (κ3) is 2.96. The summed E-state index contributed by atoms with van der Waals surface area (Å²) in [5, 5.41) is 0. The number of likely N-dealkylation sites (tertiary alicyclic amines) is 1. The normalized spacial score (nSPS) is 31.1. The predicted octanol–water partition coefficient (Wildman–Crippen LogP) is 1.99. The molecule has 2 fully saturated rings. The molecule has 82 valence electrons. The second-order valence-corrected chi connectivity index (χ2v) is 5.12. The molecule has 0 spiro atoms. The molecule has 0 bridgehead atoms. The lowest BCUT2D eigenvalue weighted by Crippen LogP contribution is -2.29. The van der Waals surface area contributed by atoms with Crippen LogP contribution >= 0.6 is 0 Å². The molecule has 1 heterocycles. The van der Waals surface area contributed by atoms with Gasteiger partial charge in [-0.1, -0.05) is 19.3 Å². The first-order valence-corrected chi connectivity index (χ1v) is 6.32. The van der Waals surface area contributed by atoms with Crippen molar-refractivity contribution < 1.29 is 0 Å². The largest absolute Gasteiger partial charge is 0.328 e. The maximum atomic E-state index is 5.96. The molecule has 1 aliphatic heterocycles. The van der Waals surface area contributed by atoms with E-state index < -0.39 is 0 Å². The third-order valence-electron chi connectivity index (χ3n) is 3.94. The second-order valence-electron chi connectivity index (χ2n) is 5.12. The molecule has 0 amide bonds. The Bertz CT molecular complexity index is 166. The van der Waals surface area contributed by atoms with Gasteiger partial charge in [0.25, 0.3) is 0 Å². The van der Waals surface area contributed by atoms with E-state index in [9.17, 15) is 0 Å². The van der Waals surface area contributed by atoms with E-state index in [1.807, 2.05) is 0 Å². The van der Waals surface area contributed by atoms with Gasteiger partial charge in [0.1, 0.15) is 0 Å². The lowest BCUT2D eigenvalue weighted by atomic mass is 9.83. The van der Waals surface area contributed by atoms with Crippen LogP contribution in [0.15, 0.2) is 0 Å². The molecule has 1 saturated carbocycles. The van der Waals surface area contributed by atoms with E-state index in [0.29, 0.717) is 6.04 Å². The van der Waals surface area contributed by atoms with Gasteiger partial charge in [0.15, 0.2) is 0 Å². The smallest absolute Gasteiger partial charge is 0.00514 e. The monoisotopic (exact) mass is 196 g/mol. The van der Waals surface area contributed by atoms with Gasteiger partial charge in [-0.3, -0.25) is 0 Å². The van der Waals surface area contributed by atoms with Gasteiger partial charge >= 0.3 is 0 Å². The lowest BCUT2D eigenvalue weighted by molar-refractivity contribution is 0.218. The van der Waals surface area contributed by atoms with Crippen LogP contribution in [0, 0.1) is 5.92 Å². The number of hydrogen-bond donors (Lipinski definition) is 1. The van der Waals surface area contributed by atoms with Gasteiger partial charge in [0.2, 0.25) is 0 Å². The van der Waals surface area contributed by atoms with Crippen molar-refractivity contribution in [2.24, 2.45) is 11.7 Å². The quantitative estimate of drug-likeness (QED) is 0.748. The SMILES string of the molecule is NC1CCCN(CCC2CCC2)CC1. The van der Waals surface area contributed by atoms with E-state index >= 15 is 0 Å². The molecule has 0 aromatic carbocycles. The molecule has 1 unspecified atom stereocenters. The summed E-state index contributed by atoms with van der Waals surface area (Å²) in [5.41, 5.74) is 5.96. The first kappa shape index (κ1) is 10.4. The highest BCUT2D eigenvalue weighted by Crippen LogP contribution is 2.29. The van der Waals surface area contributed by atoms with Gasteiger partial charge in [-0.05, 0) is 51.2 Å². The van der Waals surface area contributed by atoms with Gasteiger partial charge in [-0.15, -0.1) is 0 Å². The van der Waals surface area contributed by atoms with E-state index in [2.05, 4.69) is 4.90 Å². The minimum Gasteiger partial charge on any atom is -0.328 e. The molecule has 0 aromatic heterocycles. The zero-order chi connectivity index (χ0) is 9.80. The van der Waals surface area contributed by atoms with Crippen molar-refractivity contribution in [1.29, 1.82) is 0 Å². The van der Waals surface area contributed by atoms with E-state index in [-0.39, 0.29) is 0 Å². The van der Waals surface area contributed by atoms with Gasteiger partial charge in [0.05, 0.1) is 0 Å². The molecule has 0 aromatic rings. The molecule has 1 atom stereocenters. The highest BCUT2D eigenvalue weighted by Gasteiger charge is 2.19. The van der Waals surface area contributed by atoms with Crippen LogP contribution in [-0.2, 0) is 0 Å².